The van der Waals surface area contributed by atoms with Crippen molar-refractivity contribution in [3.63, 3.8) is 0 Å². The fourth-order valence-corrected chi connectivity index (χ4v) is 5.22. The van der Waals surface area contributed by atoms with Gasteiger partial charge in [0.05, 0.1) is 5.41 Å². The van der Waals surface area contributed by atoms with Crippen LogP contribution in [0.15, 0.2) is 24.3 Å². The van der Waals surface area contributed by atoms with Gasteiger partial charge in [-0.3, -0.25) is 9.69 Å². The van der Waals surface area contributed by atoms with E-state index in [1.54, 1.807) is 0 Å². The molecule has 2 unspecified atom stereocenters. The first kappa shape index (κ1) is 20.9. The van der Waals surface area contributed by atoms with Gasteiger partial charge in [-0.05, 0) is 56.9 Å². The highest BCUT2D eigenvalue weighted by molar-refractivity contribution is 5.85. The Bertz CT molecular complexity index is 779. The number of hydrogen-bond donors (Lipinski definition) is 2. The van der Waals surface area contributed by atoms with Crippen LogP contribution < -0.4 is 10.2 Å². The number of hydrogen-bond acceptors (Lipinski definition) is 4. The molecule has 0 radical (unpaired) electrons. The summed E-state index contributed by atoms with van der Waals surface area (Å²) in [5, 5.41) is 12.3. The molecule has 3 aliphatic heterocycles. The minimum atomic E-state index is -0.895. The normalized spacial score (nSPS) is 26.8. The smallest absolute Gasteiger partial charge is 0.407 e. The Morgan fingerprint density at radius 3 is 2.53 bits per heavy atom. The number of amides is 2. The Kier molecular flexibility index (Phi) is 5.86. The summed E-state index contributed by atoms with van der Waals surface area (Å²) < 4.78 is 13.2. The van der Waals surface area contributed by atoms with Gasteiger partial charge >= 0.3 is 6.09 Å². The number of halogens is 1. The number of likely N-dealkylation sites (tertiary alicyclic amines) is 1. The lowest BCUT2D eigenvalue weighted by atomic mass is 9.76. The summed E-state index contributed by atoms with van der Waals surface area (Å²) in [7, 11) is 0. The first-order valence-electron chi connectivity index (χ1n) is 10.9. The number of carbonyl (C=O) groups is 2. The van der Waals surface area contributed by atoms with Gasteiger partial charge in [0, 0.05) is 57.0 Å². The molecule has 1 spiro atoms. The zero-order valence-corrected chi connectivity index (χ0v) is 17.5. The van der Waals surface area contributed by atoms with E-state index < -0.39 is 6.09 Å². The number of piperidine rings is 1. The van der Waals surface area contributed by atoms with Crippen LogP contribution in [0, 0.1) is 11.2 Å². The standard InChI is InChI=1S/C22H31FN4O3/c1-16-15-27(19-4-2-17(23)3-5-19)13-12-25(16)9-6-18-14-22(20(28)24-18)7-10-26(11-8-22)21(29)30/h2-5,16,18H,6-15H2,1H3,(H,24,28)(H,29,30). The minimum Gasteiger partial charge on any atom is -0.465 e. The summed E-state index contributed by atoms with van der Waals surface area (Å²) in [4.78, 5) is 30.0. The fourth-order valence-electron chi connectivity index (χ4n) is 5.22. The molecular weight excluding hydrogens is 387 g/mol. The highest BCUT2D eigenvalue weighted by atomic mass is 19.1. The minimum absolute atomic E-state index is 0.103. The molecular formula is C22H31FN4O3. The van der Waals surface area contributed by atoms with Gasteiger partial charge in [-0.15, -0.1) is 0 Å². The molecule has 2 atom stereocenters. The van der Waals surface area contributed by atoms with E-state index in [1.807, 2.05) is 12.1 Å². The van der Waals surface area contributed by atoms with Crippen LogP contribution in [0.4, 0.5) is 14.9 Å². The second-order valence-corrected chi connectivity index (χ2v) is 9.02. The van der Waals surface area contributed by atoms with Gasteiger partial charge in [0.1, 0.15) is 5.82 Å². The van der Waals surface area contributed by atoms with E-state index >= 15 is 0 Å². The molecule has 164 valence electrons. The predicted molar refractivity (Wildman–Crippen MR) is 112 cm³/mol. The van der Waals surface area contributed by atoms with E-state index in [4.69, 9.17) is 5.11 Å². The van der Waals surface area contributed by atoms with E-state index in [0.717, 1.165) is 44.7 Å². The Morgan fingerprint density at radius 2 is 1.90 bits per heavy atom. The number of benzene rings is 1. The molecule has 3 fully saturated rings. The van der Waals surface area contributed by atoms with Crippen molar-refractivity contribution in [1.29, 1.82) is 0 Å². The van der Waals surface area contributed by atoms with Crippen molar-refractivity contribution >= 4 is 17.7 Å². The molecule has 1 aromatic carbocycles. The first-order valence-corrected chi connectivity index (χ1v) is 10.9. The molecule has 4 rings (SSSR count). The Labute approximate surface area is 176 Å². The maximum atomic E-state index is 13.2. The summed E-state index contributed by atoms with van der Waals surface area (Å²) in [5.74, 6) is -0.109. The Hall–Kier alpha value is -2.35. The zero-order valence-electron chi connectivity index (χ0n) is 17.5. The Morgan fingerprint density at radius 1 is 1.20 bits per heavy atom. The molecule has 0 aromatic heterocycles. The maximum Gasteiger partial charge on any atom is 0.407 e. The average molecular weight is 419 g/mol. The first-order chi connectivity index (χ1) is 14.4. The van der Waals surface area contributed by atoms with E-state index in [-0.39, 0.29) is 23.2 Å². The lowest BCUT2D eigenvalue weighted by molar-refractivity contribution is -0.129. The molecule has 2 amide bonds. The fraction of sp³-hybridized carbons (Fsp3) is 0.636. The largest absolute Gasteiger partial charge is 0.465 e. The van der Waals surface area contributed by atoms with Gasteiger partial charge in [-0.1, -0.05) is 0 Å². The SMILES string of the molecule is CC1CN(c2ccc(F)cc2)CCN1CCC1CC2(CCN(C(=O)O)CC2)C(=O)N1. The van der Waals surface area contributed by atoms with E-state index in [9.17, 15) is 14.0 Å². The topological polar surface area (TPSA) is 76.1 Å². The predicted octanol–water partition coefficient (Wildman–Crippen LogP) is 2.38. The second kappa shape index (κ2) is 8.41. The Balaban J connectivity index is 1.26. The molecule has 3 saturated heterocycles. The van der Waals surface area contributed by atoms with E-state index in [0.29, 0.717) is 32.0 Å². The van der Waals surface area contributed by atoms with Crippen molar-refractivity contribution in [3.05, 3.63) is 30.1 Å². The van der Waals surface area contributed by atoms with Crippen LogP contribution >= 0.6 is 0 Å². The third kappa shape index (κ3) is 4.24. The van der Waals surface area contributed by atoms with Crippen LogP contribution in [0.2, 0.25) is 0 Å². The van der Waals surface area contributed by atoms with Crippen molar-refractivity contribution in [2.75, 3.05) is 44.2 Å². The van der Waals surface area contributed by atoms with Gasteiger partial charge in [0.15, 0.2) is 0 Å². The molecule has 0 bridgehead atoms. The number of anilines is 1. The van der Waals surface area contributed by atoms with Gasteiger partial charge in [-0.2, -0.15) is 0 Å². The van der Waals surface area contributed by atoms with Crippen LogP contribution in [0.5, 0.6) is 0 Å². The molecule has 2 N–H and O–H groups in total. The van der Waals surface area contributed by atoms with Crippen molar-refractivity contribution in [2.24, 2.45) is 5.41 Å². The zero-order chi connectivity index (χ0) is 21.3. The number of piperazine rings is 1. The molecule has 3 aliphatic rings. The quantitative estimate of drug-likeness (QED) is 0.785. The highest BCUT2D eigenvalue weighted by Gasteiger charge is 2.48. The van der Waals surface area contributed by atoms with Crippen molar-refractivity contribution in [2.45, 2.75) is 44.7 Å². The van der Waals surface area contributed by atoms with Crippen LogP contribution in [0.25, 0.3) is 0 Å². The van der Waals surface area contributed by atoms with Crippen molar-refractivity contribution in [1.82, 2.24) is 15.1 Å². The third-order valence-electron chi connectivity index (χ3n) is 7.17. The molecule has 0 saturated carbocycles. The van der Waals surface area contributed by atoms with Crippen molar-refractivity contribution < 1.29 is 19.1 Å². The van der Waals surface area contributed by atoms with Gasteiger partial charge in [0.2, 0.25) is 5.91 Å². The monoisotopic (exact) mass is 418 g/mol. The number of rotatable bonds is 4. The molecule has 0 aliphatic carbocycles. The summed E-state index contributed by atoms with van der Waals surface area (Å²) in [6.45, 7) is 6.78. The average Bonchev–Trinajstić information content (AvgIpc) is 3.03. The third-order valence-corrected chi connectivity index (χ3v) is 7.17. The molecule has 3 heterocycles. The summed E-state index contributed by atoms with van der Waals surface area (Å²) in [5.41, 5.74) is 0.671. The summed E-state index contributed by atoms with van der Waals surface area (Å²) in [6, 6.07) is 7.23. The van der Waals surface area contributed by atoms with Gasteiger partial charge < -0.3 is 20.2 Å². The van der Waals surface area contributed by atoms with Crippen LogP contribution in [-0.4, -0.2) is 78.3 Å². The lowest BCUT2D eigenvalue weighted by Gasteiger charge is -2.41. The molecule has 30 heavy (non-hydrogen) atoms. The van der Waals surface area contributed by atoms with Crippen LogP contribution in [0.1, 0.15) is 32.6 Å². The number of carboxylic acid groups (broad SMARTS) is 1. The summed E-state index contributed by atoms with van der Waals surface area (Å²) >= 11 is 0. The second-order valence-electron chi connectivity index (χ2n) is 9.02. The molecule has 8 heteroatoms. The molecule has 7 nitrogen and oxygen atoms in total. The maximum absolute atomic E-state index is 13.2. The van der Waals surface area contributed by atoms with E-state index in [2.05, 4.69) is 22.0 Å². The number of nitrogens with zero attached hydrogens (tertiary/aromatic N) is 3. The van der Waals surface area contributed by atoms with Gasteiger partial charge in [0.25, 0.3) is 0 Å². The van der Waals surface area contributed by atoms with Crippen molar-refractivity contribution in [3.8, 4) is 0 Å². The van der Waals surface area contributed by atoms with Crippen LogP contribution in [-0.2, 0) is 4.79 Å². The van der Waals surface area contributed by atoms with Crippen LogP contribution in [0.3, 0.4) is 0 Å². The number of carbonyl (C=O) groups excluding carboxylic acids is 1. The van der Waals surface area contributed by atoms with Gasteiger partial charge in [-0.25, -0.2) is 9.18 Å². The lowest BCUT2D eigenvalue weighted by Crippen LogP contribution is -2.52. The highest BCUT2D eigenvalue weighted by Crippen LogP contribution is 2.41. The van der Waals surface area contributed by atoms with E-state index in [1.165, 1.54) is 17.0 Å². The number of nitrogens with one attached hydrogen (secondary N) is 1. The summed E-state index contributed by atoms with van der Waals surface area (Å²) in [6.07, 6.45) is 2.07. The molecule has 1 aromatic rings.